The highest BCUT2D eigenvalue weighted by molar-refractivity contribution is 5.96. The summed E-state index contributed by atoms with van der Waals surface area (Å²) in [7, 11) is 1.61. The number of hydrogen-bond donors (Lipinski definition) is 0. The SMILES string of the molecule is COc1cccc(-c2nc([C@H]3CC(=O)N(c4ccc(C)cc4)C3)no2)c1. The van der Waals surface area contributed by atoms with Crippen molar-refractivity contribution >= 4 is 11.6 Å². The van der Waals surface area contributed by atoms with Crippen LogP contribution in [0.2, 0.25) is 0 Å². The fourth-order valence-electron chi connectivity index (χ4n) is 3.13. The molecule has 6 nitrogen and oxygen atoms in total. The number of ether oxygens (including phenoxy) is 1. The fraction of sp³-hybridized carbons (Fsp3) is 0.250. The number of benzene rings is 2. The standard InChI is InChI=1S/C20H19N3O3/c1-13-6-8-16(9-7-13)23-12-15(11-18(23)24)19-21-20(26-22-19)14-4-3-5-17(10-14)25-2/h3-10,15H,11-12H2,1-2H3/t15-/m0/s1. The van der Waals surface area contributed by atoms with Crippen LogP contribution in [0, 0.1) is 6.92 Å². The molecule has 1 aromatic heterocycles. The highest BCUT2D eigenvalue weighted by Gasteiger charge is 2.34. The summed E-state index contributed by atoms with van der Waals surface area (Å²) in [6, 6.07) is 15.4. The molecule has 0 aliphatic carbocycles. The Morgan fingerprint density at radius 3 is 2.77 bits per heavy atom. The van der Waals surface area contributed by atoms with Crippen LogP contribution < -0.4 is 9.64 Å². The second kappa shape index (κ2) is 6.63. The predicted molar refractivity (Wildman–Crippen MR) is 97.2 cm³/mol. The van der Waals surface area contributed by atoms with Gasteiger partial charge in [-0.05, 0) is 37.3 Å². The van der Waals surface area contributed by atoms with Crippen molar-refractivity contribution in [2.24, 2.45) is 0 Å². The Balaban J connectivity index is 1.54. The number of amides is 1. The second-order valence-corrected chi connectivity index (χ2v) is 6.43. The van der Waals surface area contributed by atoms with Crippen LogP contribution in [0.15, 0.2) is 53.1 Å². The monoisotopic (exact) mass is 349 g/mol. The molecule has 1 aliphatic rings. The van der Waals surface area contributed by atoms with Gasteiger partial charge in [-0.15, -0.1) is 0 Å². The molecule has 4 rings (SSSR count). The zero-order chi connectivity index (χ0) is 18.1. The minimum atomic E-state index is -0.0769. The van der Waals surface area contributed by atoms with E-state index in [2.05, 4.69) is 10.1 Å². The lowest BCUT2D eigenvalue weighted by atomic mass is 10.1. The number of aryl methyl sites for hydroxylation is 1. The van der Waals surface area contributed by atoms with Crippen molar-refractivity contribution in [3.63, 3.8) is 0 Å². The summed E-state index contributed by atoms with van der Waals surface area (Å²) in [6.45, 7) is 2.58. The van der Waals surface area contributed by atoms with Gasteiger partial charge in [0.1, 0.15) is 5.75 Å². The van der Waals surface area contributed by atoms with Gasteiger partial charge < -0.3 is 14.2 Å². The molecule has 0 N–H and O–H groups in total. The smallest absolute Gasteiger partial charge is 0.258 e. The molecule has 1 fully saturated rings. The molecule has 1 atom stereocenters. The van der Waals surface area contributed by atoms with Gasteiger partial charge in [0.2, 0.25) is 5.91 Å². The Labute approximate surface area is 151 Å². The van der Waals surface area contributed by atoms with E-state index in [0.29, 0.717) is 24.7 Å². The van der Waals surface area contributed by atoms with E-state index in [1.165, 1.54) is 0 Å². The van der Waals surface area contributed by atoms with E-state index in [0.717, 1.165) is 22.6 Å². The Bertz CT molecular complexity index is 933. The highest BCUT2D eigenvalue weighted by atomic mass is 16.5. The Morgan fingerprint density at radius 2 is 2.00 bits per heavy atom. The fourth-order valence-corrected chi connectivity index (χ4v) is 3.13. The molecule has 0 bridgehead atoms. The Hall–Kier alpha value is -3.15. The van der Waals surface area contributed by atoms with Crippen LogP contribution in [0.5, 0.6) is 5.75 Å². The summed E-state index contributed by atoms with van der Waals surface area (Å²) in [5.74, 6) is 1.72. The third kappa shape index (κ3) is 3.06. The van der Waals surface area contributed by atoms with E-state index >= 15 is 0 Å². The lowest BCUT2D eigenvalue weighted by Crippen LogP contribution is -2.24. The molecular formula is C20H19N3O3. The van der Waals surface area contributed by atoms with E-state index < -0.39 is 0 Å². The molecule has 132 valence electrons. The minimum Gasteiger partial charge on any atom is -0.497 e. The molecule has 2 aromatic carbocycles. The normalized spacial score (nSPS) is 16.9. The number of rotatable bonds is 4. The van der Waals surface area contributed by atoms with Gasteiger partial charge in [-0.3, -0.25) is 4.79 Å². The van der Waals surface area contributed by atoms with E-state index in [4.69, 9.17) is 9.26 Å². The first-order valence-electron chi connectivity index (χ1n) is 8.49. The molecule has 1 aliphatic heterocycles. The summed E-state index contributed by atoms with van der Waals surface area (Å²) in [5.41, 5.74) is 2.86. The first-order chi connectivity index (χ1) is 12.6. The summed E-state index contributed by atoms with van der Waals surface area (Å²) in [5, 5.41) is 4.10. The third-order valence-corrected chi connectivity index (χ3v) is 4.59. The van der Waals surface area contributed by atoms with Crippen LogP contribution in [0.4, 0.5) is 5.69 Å². The van der Waals surface area contributed by atoms with Crippen molar-refractivity contribution in [1.82, 2.24) is 10.1 Å². The van der Waals surface area contributed by atoms with Gasteiger partial charge in [-0.1, -0.05) is 28.9 Å². The van der Waals surface area contributed by atoms with Gasteiger partial charge in [0.25, 0.3) is 5.89 Å². The van der Waals surface area contributed by atoms with Gasteiger partial charge in [0.05, 0.1) is 7.11 Å². The minimum absolute atomic E-state index is 0.0755. The van der Waals surface area contributed by atoms with E-state index in [-0.39, 0.29) is 11.8 Å². The van der Waals surface area contributed by atoms with E-state index in [1.54, 1.807) is 12.0 Å². The summed E-state index contributed by atoms with van der Waals surface area (Å²) < 4.78 is 10.6. The number of hydrogen-bond acceptors (Lipinski definition) is 5. The maximum absolute atomic E-state index is 12.4. The molecule has 26 heavy (non-hydrogen) atoms. The van der Waals surface area contributed by atoms with Crippen LogP contribution >= 0.6 is 0 Å². The molecule has 3 aromatic rings. The van der Waals surface area contributed by atoms with Gasteiger partial charge in [-0.2, -0.15) is 4.98 Å². The predicted octanol–water partition coefficient (Wildman–Crippen LogP) is 3.57. The van der Waals surface area contributed by atoms with Crippen molar-refractivity contribution in [2.75, 3.05) is 18.6 Å². The van der Waals surface area contributed by atoms with Crippen molar-refractivity contribution in [3.05, 3.63) is 59.9 Å². The summed E-state index contributed by atoms with van der Waals surface area (Å²) >= 11 is 0. The molecule has 0 spiro atoms. The first kappa shape index (κ1) is 16.3. The van der Waals surface area contributed by atoms with Crippen molar-refractivity contribution in [1.29, 1.82) is 0 Å². The van der Waals surface area contributed by atoms with Gasteiger partial charge in [0, 0.05) is 30.1 Å². The van der Waals surface area contributed by atoms with Crippen LogP contribution in [0.1, 0.15) is 23.7 Å². The van der Waals surface area contributed by atoms with Crippen LogP contribution in [-0.4, -0.2) is 29.7 Å². The molecule has 1 amide bonds. The lowest BCUT2D eigenvalue weighted by Gasteiger charge is -2.16. The number of aromatic nitrogens is 2. The number of carbonyl (C=O) groups is 1. The number of carbonyl (C=O) groups excluding carboxylic acids is 1. The average Bonchev–Trinajstić information content (AvgIpc) is 3.29. The molecular weight excluding hydrogens is 330 g/mol. The summed E-state index contributed by atoms with van der Waals surface area (Å²) in [6.07, 6.45) is 0.380. The number of anilines is 1. The Kier molecular flexibility index (Phi) is 4.16. The molecule has 6 heteroatoms. The van der Waals surface area contributed by atoms with Crippen molar-refractivity contribution < 1.29 is 14.1 Å². The molecule has 0 unspecified atom stereocenters. The van der Waals surface area contributed by atoms with E-state index in [9.17, 15) is 4.79 Å². The van der Waals surface area contributed by atoms with Crippen LogP contribution in [0.3, 0.4) is 0 Å². The molecule has 2 heterocycles. The third-order valence-electron chi connectivity index (χ3n) is 4.59. The van der Waals surface area contributed by atoms with Gasteiger partial charge in [0.15, 0.2) is 5.82 Å². The second-order valence-electron chi connectivity index (χ2n) is 6.43. The zero-order valence-electron chi connectivity index (χ0n) is 14.7. The van der Waals surface area contributed by atoms with Gasteiger partial charge >= 0.3 is 0 Å². The first-order valence-corrected chi connectivity index (χ1v) is 8.49. The topological polar surface area (TPSA) is 68.5 Å². The van der Waals surface area contributed by atoms with Gasteiger partial charge in [-0.25, -0.2) is 0 Å². The van der Waals surface area contributed by atoms with Crippen molar-refractivity contribution in [2.45, 2.75) is 19.3 Å². The number of methoxy groups -OCH3 is 1. The maximum atomic E-state index is 12.4. The largest absolute Gasteiger partial charge is 0.497 e. The molecule has 0 radical (unpaired) electrons. The maximum Gasteiger partial charge on any atom is 0.258 e. The lowest BCUT2D eigenvalue weighted by molar-refractivity contribution is -0.117. The zero-order valence-corrected chi connectivity index (χ0v) is 14.7. The summed E-state index contributed by atoms with van der Waals surface area (Å²) in [4.78, 5) is 18.7. The Morgan fingerprint density at radius 1 is 1.19 bits per heavy atom. The molecule has 0 saturated carbocycles. The number of nitrogens with zero attached hydrogens (tertiary/aromatic N) is 3. The highest BCUT2D eigenvalue weighted by Crippen LogP contribution is 2.32. The van der Waals surface area contributed by atoms with E-state index in [1.807, 2.05) is 55.5 Å². The van der Waals surface area contributed by atoms with Crippen LogP contribution in [0.25, 0.3) is 11.5 Å². The quantitative estimate of drug-likeness (QED) is 0.720. The molecule has 1 saturated heterocycles. The van der Waals surface area contributed by atoms with Crippen molar-refractivity contribution in [3.8, 4) is 17.2 Å². The van der Waals surface area contributed by atoms with Crippen LogP contribution in [-0.2, 0) is 4.79 Å². The average molecular weight is 349 g/mol.